The van der Waals surface area contributed by atoms with Crippen LogP contribution in [-0.2, 0) is 29.0 Å². The summed E-state index contributed by atoms with van der Waals surface area (Å²) in [5, 5.41) is 19.9. The summed E-state index contributed by atoms with van der Waals surface area (Å²) in [4.78, 5) is 30.4. The molecule has 7 heteroatoms. The highest BCUT2D eigenvalue weighted by Gasteiger charge is 2.23. The Labute approximate surface area is 246 Å². The highest BCUT2D eigenvalue weighted by molar-refractivity contribution is 5.85. The van der Waals surface area contributed by atoms with Crippen molar-refractivity contribution >= 4 is 33.6 Å². The van der Waals surface area contributed by atoms with Gasteiger partial charge in [0.05, 0.1) is 12.5 Å². The Morgan fingerprint density at radius 2 is 1.52 bits per heavy atom. The van der Waals surface area contributed by atoms with Crippen molar-refractivity contribution in [3.63, 3.8) is 0 Å². The first-order chi connectivity index (χ1) is 20.5. The fraction of sp³-hybridized carbons (Fsp3) is 0.257. The second-order valence-electron chi connectivity index (χ2n) is 10.9. The summed E-state index contributed by atoms with van der Waals surface area (Å²) in [7, 11) is 1.84. The molecule has 0 unspecified atom stereocenters. The molecule has 0 aliphatic carbocycles. The number of amides is 1. The van der Waals surface area contributed by atoms with Crippen molar-refractivity contribution in [3.05, 3.63) is 120 Å². The van der Waals surface area contributed by atoms with E-state index in [-0.39, 0.29) is 18.4 Å². The number of benzene rings is 4. The number of nitrogens with zero attached hydrogens (tertiary/aromatic N) is 1. The number of hydrogen-bond donors (Lipinski definition) is 4. The van der Waals surface area contributed by atoms with E-state index in [1.807, 2.05) is 73.9 Å². The topological polar surface area (TPSA) is 97.5 Å². The highest BCUT2D eigenvalue weighted by Crippen LogP contribution is 2.20. The second kappa shape index (κ2) is 13.9. The van der Waals surface area contributed by atoms with Crippen molar-refractivity contribution in [2.24, 2.45) is 0 Å². The number of fused-ring (bicyclic) bond motifs is 2. The van der Waals surface area contributed by atoms with Crippen LogP contribution in [0.4, 0.5) is 0 Å². The van der Waals surface area contributed by atoms with Crippen LogP contribution in [0.3, 0.4) is 0 Å². The number of carbonyl (C=O) groups is 2. The Kier molecular flexibility index (Phi) is 9.64. The summed E-state index contributed by atoms with van der Waals surface area (Å²) in [6.07, 6.45) is 3.12. The van der Waals surface area contributed by atoms with Gasteiger partial charge in [0, 0.05) is 49.8 Å². The van der Waals surface area contributed by atoms with Gasteiger partial charge in [-0.2, -0.15) is 0 Å². The van der Waals surface area contributed by atoms with Crippen molar-refractivity contribution < 1.29 is 14.7 Å². The number of para-hydroxylation sites is 1. The van der Waals surface area contributed by atoms with Crippen molar-refractivity contribution in [2.75, 3.05) is 20.1 Å². The van der Waals surface area contributed by atoms with Gasteiger partial charge in [-0.3, -0.25) is 9.59 Å². The summed E-state index contributed by atoms with van der Waals surface area (Å²) in [6, 6.07) is 31.9. The second-order valence-corrected chi connectivity index (χ2v) is 10.9. The van der Waals surface area contributed by atoms with Gasteiger partial charge in [0.15, 0.2) is 0 Å². The number of likely N-dealkylation sites (N-methyl/N-ethyl adjacent to an activating group) is 1. The smallest absolute Gasteiger partial charge is 0.304 e. The Bertz CT molecular complexity index is 1630. The lowest BCUT2D eigenvalue weighted by Crippen LogP contribution is -2.48. The first-order valence-corrected chi connectivity index (χ1v) is 14.5. The maximum atomic E-state index is 13.7. The molecular formula is C35H38N4O3. The zero-order valence-electron chi connectivity index (χ0n) is 23.9. The summed E-state index contributed by atoms with van der Waals surface area (Å²) in [5.74, 6) is -0.819. The number of carbonyl (C=O) groups excluding carboxylic acids is 1. The molecule has 1 amide bonds. The molecule has 4 N–H and O–H groups in total. The molecule has 5 aromatic rings. The molecule has 0 saturated carbocycles. The van der Waals surface area contributed by atoms with Crippen LogP contribution < -0.4 is 10.6 Å². The zero-order valence-corrected chi connectivity index (χ0v) is 23.9. The largest absolute Gasteiger partial charge is 0.481 e. The number of nitrogens with one attached hydrogen (secondary N) is 3. The number of aromatic nitrogens is 1. The van der Waals surface area contributed by atoms with Crippen molar-refractivity contribution in [1.29, 1.82) is 0 Å². The van der Waals surface area contributed by atoms with Crippen LogP contribution in [0.15, 0.2) is 103 Å². The summed E-state index contributed by atoms with van der Waals surface area (Å²) in [6.45, 7) is 1.58. The third kappa shape index (κ3) is 7.63. The number of carboxylic acids is 1. The van der Waals surface area contributed by atoms with E-state index in [2.05, 4.69) is 52.0 Å². The minimum Gasteiger partial charge on any atom is -0.481 e. The van der Waals surface area contributed by atoms with Gasteiger partial charge in [-0.25, -0.2) is 0 Å². The summed E-state index contributed by atoms with van der Waals surface area (Å²) in [5.41, 5.74) is 4.29. The average molecular weight is 563 g/mol. The van der Waals surface area contributed by atoms with E-state index in [1.165, 1.54) is 5.39 Å². The Morgan fingerprint density at radius 3 is 2.33 bits per heavy atom. The molecule has 0 spiro atoms. The molecular weight excluding hydrogens is 524 g/mol. The fourth-order valence-electron chi connectivity index (χ4n) is 5.57. The summed E-state index contributed by atoms with van der Waals surface area (Å²) >= 11 is 0. The van der Waals surface area contributed by atoms with Crippen LogP contribution in [-0.4, -0.2) is 59.1 Å². The molecule has 0 aliphatic heterocycles. The lowest BCUT2D eigenvalue weighted by Gasteiger charge is -2.26. The first-order valence-electron chi connectivity index (χ1n) is 14.5. The molecule has 42 heavy (non-hydrogen) atoms. The molecule has 0 aliphatic rings. The third-order valence-electron chi connectivity index (χ3n) is 7.70. The molecule has 7 nitrogen and oxygen atoms in total. The monoisotopic (exact) mass is 562 g/mol. The van der Waals surface area contributed by atoms with Crippen LogP contribution in [0.1, 0.15) is 23.1 Å². The maximum Gasteiger partial charge on any atom is 0.304 e. The highest BCUT2D eigenvalue weighted by atomic mass is 16.4. The molecule has 0 saturated heterocycles. The van der Waals surface area contributed by atoms with Gasteiger partial charge in [-0.05, 0) is 46.4 Å². The van der Waals surface area contributed by atoms with Crippen LogP contribution in [0.5, 0.6) is 0 Å². The van der Waals surface area contributed by atoms with Crippen LogP contribution in [0.2, 0.25) is 0 Å². The van der Waals surface area contributed by atoms with E-state index < -0.39 is 12.0 Å². The molecule has 2 atom stereocenters. The van der Waals surface area contributed by atoms with Crippen LogP contribution >= 0.6 is 0 Å². The number of carboxylic acid groups (broad SMARTS) is 1. The molecule has 1 aromatic heterocycles. The molecule has 1 heterocycles. The molecule has 216 valence electrons. The van der Waals surface area contributed by atoms with Gasteiger partial charge in [0.1, 0.15) is 0 Å². The SMILES string of the molecule is CN(Cc1ccccc1)C(=O)[C@H](Cc1ccc2ccccc2c1)NCCN[C@H](CC(=O)O)Cc1c[nH]c2ccccc12. The predicted octanol–water partition coefficient (Wildman–Crippen LogP) is 5.16. The number of aromatic amines is 1. The molecule has 5 rings (SSSR count). The summed E-state index contributed by atoms with van der Waals surface area (Å²) < 4.78 is 0. The van der Waals surface area contributed by atoms with E-state index in [9.17, 15) is 14.7 Å². The van der Waals surface area contributed by atoms with Crippen LogP contribution in [0, 0.1) is 0 Å². The minimum absolute atomic E-state index is 0.0127. The first kappa shape index (κ1) is 29.0. The van der Waals surface area contributed by atoms with Crippen molar-refractivity contribution in [3.8, 4) is 0 Å². The third-order valence-corrected chi connectivity index (χ3v) is 7.70. The fourth-order valence-corrected chi connectivity index (χ4v) is 5.57. The number of H-pyrrole nitrogens is 1. The standard InChI is InChI=1S/C35H38N4O3/c1-39(24-25-9-3-2-4-10-25)35(42)33(20-26-15-16-27-11-5-6-12-28(27)19-26)37-18-17-36-30(22-34(40)41)21-29-23-38-32-14-8-7-13-31(29)32/h2-16,19,23,30,33,36-38H,17-18,20-22,24H2,1H3,(H,40,41)/t30-,33-/m0/s1. The van der Waals surface area contributed by atoms with Gasteiger partial charge in [0.2, 0.25) is 5.91 Å². The maximum absolute atomic E-state index is 13.7. The predicted molar refractivity (Wildman–Crippen MR) is 168 cm³/mol. The van der Waals surface area contributed by atoms with Gasteiger partial charge >= 0.3 is 5.97 Å². The van der Waals surface area contributed by atoms with Gasteiger partial charge < -0.3 is 25.6 Å². The Morgan fingerprint density at radius 1 is 0.810 bits per heavy atom. The molecule has 0 bridgehead atoms. The van der Waals surface area contributed by atoms with Gasteiger partial charge in [0.25, 0.3) is 0 Å². The molecule has 4 aromatic carbocycles. The van der Waals surface area contributed by atoms with Crippen molar-refractivity contribution in [1.82, 2.24) is 20.5 Å². The molecule has 0 fully saturated rings. The minimum atomic E-state index is -0.841. The van der Waals surface area contributed by atoms with E-state index in [1.54, 1.807) is 4.90 Å². The van der Waals surface area contributed by atoms with Crippen molar-refractivity contribution in [2.45, 2.75) is 37.9 Å². The Hall–Kier alpha value is -4.46. The van der Waals surface area contributed by atoms with E-state index in [0.29, 0.717) is 32.5 Å². The number of rotatable bonds is 14. The lowest BCUT2D eigenvalue weighted by atomic mass is 10.0. The van der Waals surface area contributed by atoms with Gasteiger partial charge in [-0.15, -0.1) is 0 Å². The zero-order chi connectivity index (χ0) is 29.3. The Balaban J connectivity index is 1.25. The quantitative estimate of drug-likeness (QED) is 0.140. The average Bonchev–Trinajstić information content (AvgIpc) is 3.41. The van der Waals surface area contributed by atoms with Gasteiger partial charge in [-0.1, -0.05) is 91.0 Å². The van der Waals surface area contributed by atoms with E-state index >= 15 is 0 Å². The van der Waals surface area contributed by atoms with E-state index in [0.717, 1.165) is 33.0 Å². The van der Waals surface area contributed by atoms with Crippen LogP contribution in [0.25, 0.3) is 21.7 Å². The van der Waals surface area contributed by atoms with E-state index in [4.69, 9.17) is 0 Å². The number of hydrogen-bond acceptors (Lipinski definition) is 4. The normalized spacial score (nSPS) is 12.8. The lowest BCUT2D eigenvalue weighted by molar-refractivity contribution is -0.137. The number of aliphatic carboxylic acids is 1. The molecule has 0 radical (unpaired) electrons.